The molecule has 1 aliphatic heterocycles. The monoisotopic (exact) mass is 424 g/mol. The summed E-state index contributed by atoms with van der Waals surface area (Å²) in [5.41, 5.74) is 1.41. The quantitative estimate of drug-likeness (QED) is 0.233. The van der Waals surface area contributed by atoms with Gasteiger partial charge < -0.3 is 4.74 Å². The smallest absolute Gasteiger partial charge is 0.269 e. The lowest BCUT2D eigenvalue weighted by Crippen LogP contribution is -2.17. The molecule has 154 valence electrons. The molecule has 0 bridgehead atoms. The molecule has 4 rings (SSSR count). The Morgan fingerprint density at radius 1 is 1.17 bits per heavy atom. The Morgan fingerprint density at radius 2 is 1.93 bits per heavy atom. The molecular weight excluding hydrogens is 404 g/mol. The van der Waals surface area contributed by atoms with E-state index < -0.39 is 4.92 Å². The summed E-state index contributed by atoms with van der Waals surface area (Å²) in [7, 11) is 0. The molecule has 0 saturated carbocycles. The largest absolute Gasteiger partial charge is 0.376 e. The first-order chi connectivity index (χ1) is 14.6. The minimum Gasteiger partial charge on any atom is -0.376 e. The number of benzene rings is 2. The van der Waals surface area contributed by atoms with Crippen LogP contribution in [0.3, 0.4) is 0 Å². The number of carbonyl (C=O) groups excluding carboxylic acids is 1. The van der Waals surface area contributed by atoms with Gasteiger partial charge in [0.1, 0.15) is 0 Å². The van der Waals surface area contributed by atoms with Gasteiger partial charge in [-0.15, -0.1) is 10.2 Å². The number of ether oxygens (including phenoxy) is 1. The number of carbonyl (C=O) groups is 1. The normalized spacial score (nSPS) is 15.9. The molecule has 0 unspecified atom stereocenters. The highest BCUT2D eigenvalue weighted by Crippen LogP contribution is 2.28. The number of nitrogens with zero attached hydrogens (tertiary/aromatic N) is 4. The molecule has 1 saturated heterocycles. The third kappa shape index (κ3) is 4.58. The summed E-state index contributed by atoms with van der Waals surface area (Å²) in [5, 5.41) is 20.2. The van der Waals surface area contributed by atoms with Crippen molar-refractivity contribution in [3.05, 3.63) is 70.3 Å². The summed E-state index contributed by atoms with van der Waals surface area (Å²) in [6.45, 7) is 1.30. The second-order valence-corrected chi connectivity index (χ2v) is 7.88. The number of nitro groups is 1. The van der Waals surface area contributed by atoms with Gasteiger partial charge in [-0.05, 0) is 25.0 Å². The van der Waals surface area contributed by atoms with Crippen molar-refractivity contribution in [2.24, 2.45) is 0 Å². The van der Waals surface area contributed by atoms with Gasteiger partial charge in [-0.25, -0.2) is 0 Å². The highest BCUT2D eigenvalue weighted by atomic mass is 32.2. The maximum atomic E-state index is 12.5. The van der Waals surface area contributed by atoms with E-state index in [0.717, 1.165) is 25.0 Å². The first-order valence-corrected chi connectivity index (χ1v) is 10.6. The third-order valence-corrected chi connectivity index (χ3v) is 5.86. The molecule has 1 aliphatic rings. The molecule has 0 amide bonds. The molecule has 1 aromatic heterocycles. The summed E-state index contributed by atoms with van der Waals surface area (Å²) >= 11 is 1.33. The van der Waals surface area contributed by atoms with Crippen LogP contribution in [-0.2, 0) is 11.3 Å². The molecular formula is C21H20N4O4S. The highest BCUT2D eigenvalue weighted by Gasteiger charge is 2.22. The van der Waals surface area contributed by atoms with Gasteiger partial charge in [-0.2, -0.15) is 0 Å². The van der Waals surface area contributed by atoms with Crippen molar-refractivity contribution >= 4 is 23.2 Å². The van der Waals surface area contributed by atoms with E-state index in [9.17, 15) is 14.9 Å². The van der Waals surface area contributed by atoms with Crippen molar-refractivity contribution in [3.63, 3.8) is 0 Å². The lowest BCUT2D eigenvalue weighted by atomic mass is 10.2. The van der Waals surface area contributed by atoms with Gasteiger partial charge in [0.05, 0.1) is 23.3 Å². The summed E-state index contributed by atoms with van der Waals surface area (Å²) < 4.78 is 7.72. The topological polar surface area (TPSA) is 100 Å². The number of ketones is 1. The molecule has 0 aliphatic carbocycles. The Morgan fingerprint density at radius 3 is 2.60 bits per heavy atom. The number of Topliss-reactive ketones (excluding diaryl/α,β-unsaturated/α-hetero) is 1. The number of hydrogen-bond donors (Lipinski definition) is 0. The highest BCUT2D eigenvalue weighted by molar-refractivity contribution is 7.99. The fourth-order valence-corrected chi connectivity index (χ4v) is 4.18. The van der Waals surface area contributed by atoms with Crippen molar-refractivity contribution in [2.75, 3.05) is 12.4 Å². The minimum absolute atomic E-state index is 0.0177. The minimum atomic E-state index is -0.433. The van der Waals surface area contributed by atoms with Gasteiger partial charge in [0, 0.05) is 29.9 Å². The standard InChI is InChI=1S/C21H20N4O4S/c26-19(15-5-2-1-3-6-15)14-30-21-23-22-20(24(21)13-18-7-4-12-29-18)16-8-10-17(11-9-16)25(27)28/h1-3,5-6,8-11,18H,4,7,12-14H2/t18-/m1/s1. The van der Waals surface area contributed by atoms with Crippen LogP contribution in [0.15, 0.2) is 59.8 Å². The fraction of sp³-hybridized carbons (Fsp3) is 0.286. The molecule has 1 atom stereocenters. The fourth-order valence-electron chi connectivity index (χ4n) is 3.34. The lowest BCUT2D eigenvalue weighted by molar-refractivity contribution is -0.384. The Kier molecular flexibility index (Phi) is 6.20. The maximum Gasteiger partial charge on any atom is 0.269 e. The number of aromatic nitrogens is 3. The average molecular weight is 424 g/mol. The number of hydrogen-bond acceptors (Lipinski definition) is 7. The molecule has 9 heteroatoms. The second-order valence-electron chi connectivity index (χ2n) is 6.93. The number of nitro benzene ring substituents is 1. The van der Waals surface area contributed by atoms with Crippen molar-refractivity contribution < 1.29 is 14.5 Å². The summed E-state index contributed by atoms with van der Waals surface area (Å²) in [6.07, 6.45) is 2.02. The van der Waals surface area contributed by atoms with E-state index in [1.807, 2.05) is 22.8 Å². The molecule has 1 fully saturated rings. The predicted molar refractivity (Wildman–Crippen MR) is 113 cm³/mol. The van der Waals surface area contributed by atoms with E-state index in [1.165, 1.54) is 23.9 Å². The molecule has 0 radical (unpaired) electrons. The first kappa shape index (κ1) is 20.2. The first-order valence-electron chi connectivity index (χ1n) is 9.62. The predicted octanol–water partition coefficient (Wildman–Crippen LogP) is 4.01. The van der Waals surface area contributed by atoms with E-state index >= 15 is 0 Å². The van der Waals surface area contributed by atoms with E-state index in [2.05, 4.69) is 10.2 Å². The van der Waals surface area contributed by atoms with Gasteiger partial charge in [0.25, 0.3) is 5.69 Å². The summed E-state index contributed by atoms with van der Waals surface area (Å²) in [4.78, 5) is 23.0. The molecule has 0 spiro atoms. The second kappa shape index (κ2) is 9.19. The molecule has 0 N–H and O–H groups in total. The van der Waals surface area contributed by atoms with E-state index in [-0.39, 0.29) is 23.3 Å². The van der Waals surface area contributed by atoms with Crippen LogP contribution < -0.4 is 0 Å². The van der Waals surface area contributed by atoms with Crippen LogP contribution in [0, 0.1) is 10.1 Å². The molecule has 8 nitrogen and oxygen atoms in total. The van der Waals surface area contributed by atoms with Crippen LogP contribution >= 0.6 is 11.8 Å². The van der Waals surface area contributed by atoms with Crippen LogP contribution in [0.25, 0.3) is 11.4 Å². The average Bonchev–Trinajstić information content (AvgIpc) is 3.43. The zero-order valence-corrected chi connectivity index (χ0v) is 17.0. The van der Waals surface area contributed by atoms with Gasteiger partial charge in [0.2, 0.25) is 0 Å². The van der Waals surface area contributed by atoms with Crippen molar-refractivity contribution in [1.82, 2.24) is 14.8 Å². The van der Waals surface area contributed by atoms with E-state index in [1.54, 1.807) is 24.3 Å². The summed E-state index contributed by atoms with van der Waals surface area (Å²) in [5.74, 6) is 0.868. The maximum absolute atomic E-state index is 12.5. The van der Waals surface area contributed by atoms with Crippen molar-refractivity contribution in [1.29, 1.82) is 0 Å². The number of thioether (sulfide) groups is 1. The van der Waals surface area contributed by atoms with Crippen LogP contribution in [-0.4, -0.2) is 43.9 Å². The number of rotatable bonds is 8. The molecule has 3 aromatic rings. The Labute approximate surface area is 177 Å². The van der Waals surface area contributed by atoms with Crippen LogP contribution in [0.2, 0.25) is 0 Å². The van der Waals surface area contributed by atoms with Crippen molar-refractivity contribution in [3.8, 4) is 11.4 Å². The van der Waals surface area contributed by atoms with Gasteiger partial charge >= 0.3 is 0 Å². The van der Waals surface area contributed by atoms with Crippen molar-refractivity contribution in [2.45, 2.75) is 30.6 Å². The van der Waals surface area contributed by atoms with Crippen LogP contribution in [0.4, 0.5) is 5.69 Å². The zero-order chi connectivity index (χ0) is 20.9. The van der Waals surface area contributed by atoms with E-state index in [4.69, 9.17) is 4.74 Å². The third-order valence-electron chi connectivity index (χ3n) is 4.89. The SMILES string of the molecule is O=C(CSc1nnc(-c2ccc([N+](=O)[O-])cc2)n1C[C@H]1CCCO1)c1ccccc1. The Hall–Kier alpha value is -3.04. The van der Waals surface area contributed by atoms with Gasteiger partial charge in [0.15, 0.2) is 16.8 Å². The van der Waals surface area contributed by atoms with Crippen LogP contribution in [0.5, 0.6) is 0 Å². The van der Waals surface area contributed by atoms with E-state index in [0.29, 0.717) is 23.1 Å². The van der Waals surface area contributed by atoms with Gasteiger partial charge in [-0.1, -0.05) is 42.1 Å². The Balaban J connectivity index is 1.58. The molecule has 2 heterocycles. The van der Waals surface area contributed by atoms with Crippen LogP contribution in [0.1, 0.15) is 23.2 Å². The molecule has 2 aromatic carbocycles. The molecule has 30 heavy (non-hydrogen) atoms. The number of non-ortho nitro benzene ring substituents is 1. The van der Waals surface area contributed by atoms with Gasteiger partial charge in [-0.3, -0.25) is 19.5 Å². The Bertz CT molecular complexity index is 1030. The summed E-state index contributed by atoms with van der Waals surface area (Å²) in [6, 6.07) is 15.4. The zero-order valence-electron chi connectivity index (χ0n) is 16.1. The lowest BCUT2D eigenvalue weighted by Gasteiger charge is -2.14.